The quantitative estimate of drug-likeness (QED) is 0.827. The van der Waals surface area contributed by atoms with Crippen LogP contribution in [0.1, 0.15) is 23.3 Å². The SMILES string of the molecule is CN1CCCC(C(=O)c2ccccn2)(N2CCNCC2)C1. The van der Waals surface area contributed by atoms with E-state index in [-0.39, 0.29) is 5.78 Å². The molecule has 3 rings (SSSR count). The zero-order valence-corrected chi connectivity index (χ0v) is 12.7. The summed E-state index contributed by atoms with van der Waals surface area (Å²) in [5.74, 6) is 0.191. The summed E-state index contributed by atoms with van der Waals surface area (Å²) in [6, 6.07) is 5.61. The van der Waals surface area contributed by atoms with Crippen LogP contribution in [-0.2, 0) is 0 Å². The van der Waals surface area contributed by atoms with E-state index in [4.69, 9.17) is 0 Å². The molecule has 1 atom stereocenters. The van der Waals surface area contributed by atoms with Gasteiger partial charge in [0.05, 0.1) is 5.54 Å². The summed E-state index contributed by atoms with van der Waals surface area (Å²) in [7, 11) is 2.11. The first-order valence-electron chi connectivity index (χ1n) is 7.82. The number of nitrogens with zero attached hydrogens (tertiary/aromatic N) is 3. The molecule has 0 bridgehead atoms. The lowest BCUT2D eigenvalue weighted by molar-refractivity contribution is 0.0152. The number of hydrogen-bond donors (Lipinski definition) is 1. The van der Waals surface area contributed by atoms with Crippen molar-refractivity contribution >= 4 is 5.78 Å². The molecular formula is C16H24N4O. The van der Waals surface area contributed by atoms with Gasteiger partial charge in [-0.3, -0.25) is 14.7 Å². The molecule has 0 aliphatic carbocycles. The Bertz CT molecular complexity index is 486. The van der Waals surface area contributed by atoms with Crippen molar-refractivity contribution < 1.29 is 4.79 Å². The maximum Gasteiger partial charge on any atom is 0.202 e. The summed E-state index contributed by atoms with van der Waals surface area (Å²) < 4.78 is 0. The van der Waals surface area contributed by atoms with Gasteiger partial charge in [-0.15, -0.1) is 0 Å². The highest BCUT2D eigenvalue weighted by molar-refractivity contribution is 6.02. The lowest BCUT2D eigenvalue weighted by Crippen LogP contribution is -2.66. The molecule has 0 amide bonds. The predicted octanol–water partition coefficient (Wildman–Crippen LogP) is 0.634. The van der Waals surface area contributed by atoms with Crippen LogP contribution in [0.15, 0.2) is 24.4 Å². The third-order valence-corrected chi connectivity index (χ3v) is 4.70. The Morgan fingerprint density at radius 1 is 1.29 bits per heavy atom. The van der Waals surface area contributed by atoms with Crippen LogP contribution in [0.3, 0.4) is 0 Å². The summed E-state index contributed by atoms with van der Waals surface area (Å²) in [5, 5.41) is 3.38. The average Bonchev–Trinajstić information content (AvgIpc) is 2.55. The molecule has 5 heteroatoms. The molecule has 2 aliphatic rings. The van der Waals surface area contributed by atoms with Crippen LogP contribution in [0.25, 0.3) is 0 Å². The minimum atomic E-state index is -0.399. The minimum Gasteiger partial charge on any atom is -0.314 e. The monoisotopic (exact) mass is 288 g/mol. The number of Topliss-reactive ketones (excluding diaryl/α,β-unsaturated/α-hetero) is 1. The van der Waals surface area contributed by atoms with E-state index in [1.165, 1.54) is 0 Å². The Hall–Kier alpha value is -1.30. The largest absolute Gasteiger partial charge is 0.314 e. The van der Waals surface area contributed by atoms with E-state index in [0.717, 1.165) is 52.1 Å². The van der Waals surface area contributed by atoms with Gasteiger partial charge in [-0.1, -0.05) is 6.07 Å². The third kappa shape index (κ3) is 2.86. The van der Waals surface area contributed by atoms with E-state index < -0.39 is 5.54 Å². The fraction of sp³-hybridized carbons (Fsp3) is 0.625. The first-order chi connectivity index (χ1) is 10.2. The normalized spacial score (nSPS) is 28.4. The van der Waals surface area contributed by atoms with Gasteiger partial charge in [0.15, 0.2) is 0 Å². The number of piperazine rings is 1. The number of pyridine rings is 1. The highest BCUT2D eigenvalue weighted by atomic mass is 16.1. The van der Waals surface area contributed by atoms with E-state index in [0.29, 0.717) is 5.69 Å². The fourth-order valence-electron chi connectivity index (χ4n) is 3.66. The second-order valence-corrected chi connectivity index (χ2v) is 6.15. The molecule has 0 aromatic carbocycles. The molecule has 1 aromatic rings. The fourth-order valence-corrected chi connectivity index (χ4v) is 3.66. The van der Waals surface area contributed by atoms with Gasteiger partial charge in [0.1, 0.15) is 5.69 Å². The first kappa shape index (κ1) is 14.6. The van der Waals surface area contributed by atoms with Gasteiger partial charge in [-0.05, 0) is 38.6 Å². The molecule has 2 fully saturated rings. The Morgan fingerprint density at radius 3 is 2.76 bits per heavy atom. The molecule has 0 radical (unpaired) electrons. The number of carbonyl (C=O) groups is 1. The molecule has 1 N–H and O–H groups in total. The molecule has 1 aromatic heterocycles. The molecule has 0 spiro atoms. The van der Waals surface area contributed by atoms with E-state index in [1.807, 2.05) is 18.2 Å². The van der Waals surface area contributed by atoms with Crippen molar-refractivity contribution in [1.29, 1.82) is 0 Å². The maximum atomic E-state index is 13.2. The van der Waals surface area contributed by atoms with Gasteiger partial charge < -0.3 is 10.2 Å². The Kier molecular flexibility index (Phi) is 4.33. The predicted molar refractivity (Wildman–Crippen MR) is 82.5 cm³/mol. The summed E-state index contributed by atoms with van der Waals surface area (Å²) >= 11 is 0. The lowest BCUT2D eigenvalue weighted by Gasteiger charge is -2.49. The molecule has 0 saturated carbocycles. The third-order valence-electron chi connectivity index (χ3n) is 4.70. The summed E-state index contributed by atoms with van der Waals surface area (Å²) in [5.41, 5.74) is 0.204. The molecule has 114 valence electrons. The van der Waals surface area contributed by atoms with E-state index in [2.05, 4.69) is 27.1 Å². The minimum absolute atomic E-state index is 0.191. The van der Waals surface area contributed by atoms with Crippen molar-refractivity contribution in [2.45, 2.75) is 18.4 Å². The van der Waals surface area contributed by atoms with Crippen LogP contribution in [-0.4, -0.2) is 72.4 Å². The van der Waals surface area contributed by atoms with E-state index in [1.54, 1.807) is 6.20 Å². The molecule has 1 unspecified atom stereocenters. The zero-order valence-electron chi connectivity index (χ0n) is 12.7. The van der Waals surface area contributed by atoms with Crippen molar-refractivity contribution in [3.8, 4) is 0 Å². The van der Waals surface area contributed by atoms with Gasteiger partial charge in [0.25, 0.3) is 0 Å². The summed E-state index contributed by atoms with van der Waals surface area (Å²) in [6.45, 7) is 5.67. The van der Waals surface area contributed by atoms with Crippen LogP contribution in [0.5, 0.6) is 0 Å². The van der Waals surface area contributed by atoms with Gasteiger partial charge >= 0.3 is 0 Å². The smallest absolute Gasteiger partial charge is 0.202 e. The average molecular weight is 288 g/mol. The molecule has 3 heterocycles. The van der Waals surface area contributed by atoms with E-state index >= 15 is 0 Å². The lowest BCUT2D eigenvalue weighted by atomic mass is 9.81. The van der Waals surface area contributed by atoms with Gasteiger partial charge in [-0.25, -0.2) is 0 Å². The highest BCUT2D eigenvalue weighted by Gasteiger charge is 2.47. The molecule has 5 nitrogen and oxygen atoms in total. The Balaban J connectivity index is 1.93. The van der Waals surface area contributed by atoms with Crippen LogP contribution in [0.2, 0.25) is 0 Å². The molecule has 2 saturated heterocycles. The standard InChI is InChI=1S/C16H24N4O/c1-19-10-4-6-16(13-19,20-11-8-17-9-12-20)15(21)14-5-2-3-7-18-14/h2-3,5,7,17H,4,6,8-13H2,1H3. The van der Waals surface area contributed by atoms with Crippen molar-refractivity contribution in [3.63, 3.8) is 0 Å². The van der Waals surface area contributed by atoms with Crippen LogP contribution in [0.4, 0.5) is 0 Å². The van der Waals surface area contributed by atoms with Crippen LogP contribution < -0.4 is 5.32 Å². The van der Waals surface area contributed by atoms with E-state index in [9.17, 15) is 4.79 Å². The van der Waals surface area contributed by atoms with Gasteiger partial charge in [0, 0.05) is 38.9 Å². The number of likely N-dealkylation sites (N-methyl/N-ethyl adjacent to an activating group) is 1. The van der Waals surface area contributed by atoms with Crippen molar-refractivity contribution in [1.82, 2.24) is 20.1 Å². The maximum absolute atomic E-state index is 13.2. The first-order valence-corrected chi connectivity index (χ1v) is 7.82. The number of hydrogen-bond acceptors (Lipinski definition) is 5. The number of piperidine rings is 1. The van der Waals surface area contributed by atoms with Crippen molar-refractivity contribution in [2.24, 2.45) is 0 Å². The Labute approximate surface area is 126 Å². The molecule has 2 aliphatic heterocycles. The van der Waals surface area contributed by atoms with Gasteiger partial charge in [-0.2, -0.15) is 0 Å². The molecular weight excluding hydrogens is 264 g/mol. The summed E-state index contributed by atoms with van der Waals surface area (Å²) in [6.07, 6.45) is 3.72. The number of carbonyl (C=O) groups excluding carboxylic acids is 1. The molecule has 21 heavy (non-hydrogen) atoms. The van der Waals surface area contributed by atoms with Crippen LogP contribution >= 0.6 is 0 Å². The highest BCUT2D eigenvalue weighted by Crippen LogP contribution is 2.30. The number of aromatic nitrogens is 1. The second-order valence-electron chi connectivity index (χ2n) is 6.15. The topological polar surface area (TPSA) is 48.5 Å². The van der Waals surface area contributed by atoms with Crippen LogP contribution in [0, 0.1) is 0 Å². The second kappa shape index (κ2) is 6.22. The number of ketones is 1. The van der Waals surface area contributed by atoms with Gasteiger partial charge in [0.2, 0.25) is 5.78 Å². The number of likely N-dealkylation sites (tertiary alicyclic amines) is 1. The zero-order chi connectivity index (χ0) is 14.7. The summed E-state index contributed by atoms with van der Waals surface area (Å²) in [4.78, 5) is 22.2. The van der Waals surface area contributed by atoms with Crippen molar-refractivity contribution in [3.05, 3.63) is 30.1 Å². The number of rotatable bonds is 3. The number of nitrogens with one attached hydrogen (secondary N) is 1. The van der Waals surface area contributed by atoms with Crippen molar-refractivity contribution in [2.75, 3.05) is 46.3 Å². The Morgan fingerprint density at radius 2 is 2.10 bits per heavy atom.